The normalized spacial score (nSPS) is 14.4. The van der Waals surface area contributed by atoms with E-state index in [1.807, 2.05) is 24.3 Å². The van der Waals surface area contributed by atoms with Crippen molar-refractivity contribution in [2.24, 2.45) is 0 Å². The van der Waals surface area contributed by atoms with Crippen LogP contribution in [0.1, 0.15) is 59.8 Å². The van der Waals surface area contributed by atoms with Crippen molar-refractivity contribution in [3.63, 3.8) is 0 Å². The highest BCUT2D eigenvalue weighted by atomic mass is 32.1. The van der Waals surface area contributed by atoms with Gasteiger partial charge in [0.1, 0.15) is 22.4 Å². The summed E-state index contributed by atoms with van der Waals surface area (Å²) in [6.45, 7) is 3.64. The second-order valence-corrected chi connectivity index (χ2v) is 9.18. The summed E-state index contributed by atoms with van der Waals surface area (Å²) < 4.78 is 6.95. The summed E-state index contributed by atoms with van der Waals surface area (Å²) in [7, 11) is 0. The third-order valence-electron chi connectivity index (χ3n) is 5.89. The predicted octanol–water partition coefficient (Wildman–Crippen LogP) is 4.46. The van der Waals surface area contributed by atoms with Gasteiger partial charge in [-0.25, -0.2) is 9.78 Å². The number of amides is 1. The largest absolute Gasteiger partial charge is 0.458 e. The maximum atomic E-state index is 13.0. The van der Waals surface area contributed by atoms with Gasteiger partial charge in [-0.15, -0.1) is 11.3 Å². The SMILES string of the molecule is CCc1ccc(NC(=O)Cn2cnc3sc(C(=O)OC4CCCCC4)c(C)c3c2=O)cc1. The number of carbonyl (C=O) groups is 2. The van der Waals surface area contributed by atoms with E-state index in [-0.39, 0.29) is 24.1 Å². The topological polar surface area (TPSA) is 90.3 Å². The molecule has 1 N–H and O–H groups in total. The third-order valence-corrected chi connectivity index (χ3v) is 7.07. The molecule has 1 fully saturated rings. The van der Waals surface area contributed by atoms with Crippen molar-refractivity contribution in [1.29, 1.82) is 0 Å². The fourth-order valence-corrected chi connectivity index (χ4v) is 5.06. The van der Waals surface area contributed by atoms with E-state index in [4.69, 9.17) is 4.74 Å². The van der Waals surface area contributed by atoms with Crippen LogP contribution < -0.4 is 10.9 Å². The van der Waals surface area contributed by atoms with Crippen molar-refractivity contribution in [2.45, 2.75) is 65.0 Å². The number of rotatable bonds is 6. The Morgan fingerprint density at radius 3 is 2.59 bits per heavy atom. The molecule has 8 heteroatoms. The second-order valence-electron chi connectivity index (χ2n) is 8.18. The van der Waals surface area contributed by atoms with Crippen molar-refractivity contribution < 1.29 is 14.3 Å². The summed E-state index contributed by atoms with van der Waals surface area (Å²) in [5.41, 5.74) is 2.08. The van der Waals surface area contributed by atoms with Crippen LogP contribution in [0.5, 0.6) is 0 Å². The number of aromatic nitrogens is 2. The monoisotopic (exact) mass is 453 g/mol. The van der Waals surface area contributed by atoms with E-state index in [9.17, 15) is 14.4 Å². The summed E-state index contributed by atoms with van der Waals surface area (Å²) in [5, 5.41) is 3.17. The fourth-order valence-electron chi connectivity index (χ4n) is 4.03. The molecule has 1 amide bonds. The van der Waals surface area contributed by atoms with Gasteiger partial charge in [0, 0.05) is 5.69 Å². The van der Waals surface area contributed by atoms with Gasteiger partial charge in [0.2, 0.25) is 5.91 Å². The minimum atomic E-state index is -0.392. The molecule has 7 nitrogen and oxygen atoms in total. The van der Waals surface area contributed by atoms with Gasteiger partial charge in [0.05, 0.1) is 11.7 Å². The lowest BCUT2D eigenvalue weighted by molar-refractivity contribution is -0.116. The molecule has 0 unspecified atom stereocenters. The highest BCUT2D eigenvalue weighted by molar-refractivity contribution is 7.20. The van der Waals surface area contributed by atoms with Gasteiger partial charge in [-0.1, -0.05) is 25.5 Å². The molecular formula is C24H27N3O4S. The van der Waals surface area contributed by atoms with Crippen LogP contribution in [-0.2, 0) is 22.5 Å². The second kappa shape index (κ2) is 9.65. The van der Waals surface area contributed by atoms with E-state index in [2.05, 4.69) is 17.2 Å². The molecule has 0 aliphatic heterocycles. The number of carbonyl (C=O) groups excluding carboxylic acids is 2. The quantitative estimate of drug-likeness (QED) is 0.557. The van der Waals surface area contributed by atoms with Gasteiger partial charge in [-0.05, 0) is 62.3 Å². The molecule has 32 heavy (non-hydrogen) atoms. The Hall–Kier alpha value is -3.00. The van der Waals surface area contributed by atoms with Crippen molar-refractivity contribution in [2.75, 3.05) is 5.32 Å². The molecule has 4 rings (SSSR count). The van der Waals surface area contributed by atoms with Crippen molar-refractivity contribution in [3.05, 3.63) is 57.0 Å². The number of aryl methyl sites for hydroxylation is 2. The highest BCUT2D eigenvalue weighted by Gasteiger charge is 2.24. The van der Waals surface area contributed by atoms with Crippen LogP contribution in [0.25, 0.3) is 10.2 Å². The molecule has 1 saturated carbocycles. The minimum Gasteiger partial charge on any atom is -0.458 e. The minimum absolute atomic E-state index is 0.0550. The number of hydrogen-bond donors (Lipinski definition) is 1. The lowest BCUT2D eigenvalue weighted by Crippen LogP contribution is -2.28. The maximum absolute atomic E-state index is 13.0. The first-order chi connectivity index (χ1) is 15.5. The third kappa shape index (κ3) is 4.75. The molecule has 168 valence electrons. The predicted molar refractivity (Wildman–Crippen MR) is 125 cm³/mol. The zero-order valence-electron chi connectivity index (χ0n) is 18.3. The van der Waals surface area contributed by atoms with E-state index in [0.29, 0.717) is 26.3 Å². The number of ether oxygens (including phenoxy) is 1. The average Bonchev–Trinajstić information content (AvgIpc) is 3.14. The summed E-state index contributed by atoms with van der Waals surface area (Å²) in [6.07, 6.45) is 7.31. The van der Waals surface area contributed by atoms with Gasteiger partial charge >= 0.3 is 5.97 Å². The van der Waals surface area contributed by atoms with Crippen LogP contribution in [0.15, 0.2) is 35.4 Å². The van der Waals surface area contributed by atoms with Crippen LogP contribution in [0.2, 0.25) is 0 Å². The number of esters is 1. The maximum Gasteiger partial charge on any atom is 0.348 e. The first-order valence-electron chi connectivity index (χ1n) is 11.0. The Bertz CT molecular complexity index is 1190. The van der Waals surface area contributed by atoms with Crippen molar-refractivity contribution >= 4 is 39.1 Å². The summed E-state index contributed by atoms with van der Waals surface area (Å²) in [5.74, 6) is -0.709. The average molecular weight is 454 g/mol. The number of thiophene rings is 1. The van der Waals surface area contributed by atoms with Crippen LogP contribution >= 0.6 is 11.3 Å². The summed E-state index contributed by atoms with van der Waals surface area (Å²) in [4.78, 5) is 43.5. The van der Waals surface area contributed by atoms with Crippen molar-refractivity contribution in [1.82, 2.24) is 9.55 Å². The Morgan fingerprint density at radius 1 is 1.19 bits per heavy atom. The van der Waals surface area contributed by atoms with E-state index in [1.54, 1.807) is 6.92 Å². The first kappa shape index (κ1) is 22.2. The lowest BCUT2D eigenvalue weighted by atomic mass is 9.98. The van der Waals surface area contributed by atoms with E-state index in [1.165, 1.54) is 34.2 Å². The Balaban J connectivity index is 1.51. The molecule has 0 atom stereocenters. The Labute approximate surface area is 190 Å². The molecule has 1 aliphatic rings. The van der Waals surface area contributed by atoms with Crippen LogP contribution in [-0.4, -0.2) is 27.5 Å². The molecular weight excluding hydrogens is 426 g/mol. The van der Waals surface area contributed by atoms with E-state index < -0.39 is 5.97 Å². The van der Waals surface area contributed by atoms with Gasteiger partial charge in [0.25, 0.3) is 5.56 Å². The zero-order chi connectivity index (χ0) is 22.7. The number of hydrogen-bond acceptors (Lipinski definition) is 6. The number of anilines is 1. The van der Waals surface area contributed by atoms with Crippen LogP contribution in [0.4, 0.5) is 5.69 Å². The molecule has 0 radical (unpaired) electrons. The van der Waals surface area contributed by atoms with Crippen molar-refractivity contribution in [3.8, 4) is 0 Å². The zero-order valence-corrected chi connectivity index (χ0v) is 19.2. The smallest absolute Gasteiger partial charge is 0.348 e. The van der Waals surface area contributed by atoms with Gasteiger partial charge < -0.3 is 10.1 Å². The Morgan fingerprint density at radius 2 is 1.91 bits per heavy atom. The van der Waals surface area contributed by atoms with Crippen LogP contribution in [0, 0.1) is 6.92 Å². The summed E-state index contributed by atoms with van der Waals surface area (Å²) in [6, 6.07) is 7.60. The standard InChI is InChI=1S/C24H27N3O4S/c1-3-16-9-11-17(12-10-16)26-19(28)13-27-14-25-22-20(23(27)29)15(2)21(32-22)24(30)31-18-7-5-4-6-8-18/h9-12,14,18H,3-8,13H2,1-2H3,(H,26,28). The highest BCUT2D eigenvalue weighted by Crippen LogP contribution is 2.29. The van der Waals surface area contributed by atoms with Gasteiger partial charge in [0.15, 0.2) is 0 Å². The van der Waals surface area contributed by atoms with Crippen LogP contribution in [0.3, 0.4) is 0 Å². The molecule has 1 aliphatic carbocycles. The van der Waals surface area contributed by atoms with Gasteiger partial charge in [-0.3, -0.25) is 14.2 Å². The first-order valence-corrected chi connectivity index (χ1v) is 11.9. The van der Waals surface area contributed by atoms with E-state index >= 15 is 0 Å². The summed E-state index contributed by atoms with van der Waals surface area (Å²) >= 11 is 1.17. The number of benzene rings is 1. The number of nitrogens with zero attached hydrogens (tertiary/aromatic N) is 2. The number of nitrogens with one attached hydrogen (secondary N) is 1. The molecule has 2 heterocycles. The molecule has 1 aromatic carbocycles. The molecule has 0 bridgehead atoms. The fraction of sp³-hybridized carbons (Fsp3) is 0.417. The molecule has 0 spiro atoms. The number of fused-ring (bicyclic) bond motifs is 1. The molecule has 3 aromatic rings. The molecule has 0 saturated heterocycles. The Kier molecular flexibility index (Phi) is 6.69. The molecule has 2 aromatic heterocycles. The van der Waals surface area contributed by atoms with Gasteiger partial charge in [-0.2, -0.15) is 0 Å². The van der Waals surface area contributed by atoms with E-state index in [0.717, 1.165) is 32.1 Å². The lowest BCUT2D eigenvalue weighted by Gasteiger charge is -2.21.